The smallest absolute Gasteiger partial charge is 0.244 e. The van der Waals surface area contributed by atoms with Gasteiger partial charge in [-0.25, -0.2) is 8.42 Å². The zero-order valence-corrected chi connectivity index (χ0v) is 20.9. The van der Waals surface area contributed by atoms with Crippen molar-refractivity contribution in [1.29, 1.82) is 0 Å². The fourth-order valence-electron chi connectivity index (χ4n) is 3.47. The Morgan fingerprint density at radius 1 is 1.00 bits per heavy atom. The molecule has 0 radical (unpaired) electrons. The van der Waals surface area contributed by atoms with Crippen molar-refractivity contribution >= 4 is 27.5 Å². The van der Waals surface area contributed by atoms with Gasteiger partial charge in [0.1, 0.15) is 12.6 Å². The summed E-state index contributed by atoms with van der Waals surface area (Å²) in [5.74, 6) is -0.682. The summed E-state index contributed by atoms with van der Waals surface area (Å²) < 4.78 is 26.3. The number of nitrogens with zero attached hydrogens (tertiary/aromatic N) is 2. The highest BCUT2D eigenvalue weighted by atomic mass is 32.2. The van der Waals surface area contributed by atoms with Crippen LogP contribution in [0.1, 0.15) is 38.3 Å². The van der Waals surface area contributed by atoms with Crippen LogP contribution >= 0.6 is 0 Å². The van der Waals surface area contributed by atoms with E-state index >= 15 is 0 Å². The molecule has 0 aliphatic heterocycles. The maximum absolute atomic E-state index is 13.4. The fraction of sp³-hybridized carbons (Fsp3) is 0.440. The van der Waals surface area contributed by atoms with Gasteiger partial charge in [0, 0.05) is 12.6 Å². The highest BCUT2D eigenvalue weighted by Crippen LogP contribution is 2.22. The third-order valence-electron chi connectivity index (χ3n) is 5.72. The molecule has 2 amide bonds. The number of carbonyl (C=O) groups excluding carboxylic acids is 2. The Hall–Kier alpha value is -2.87. The van der Waals surface area contributed by atoms with Crippen LogP contribution in [0.25, 0.3) is 0 Å². The number of carbonyl (C=O) groups is 2. The van der Waals surface area contributed by atoms with Crippen LogP contribution in [0.3, 0.4) is 0 Å². The number of hydrogen-bond acceptors (Lipinski definition) is 4. The van der Waals surface area contributed by atoms with E-state index in [1.165, 1.54) is 4.90 Å². The summed E-state index contributed by atoms with van der Waals surface area (Å²) in [6.45, 7) is 7.28. The van der Waals surface area contributed by atoms with E-state index in [2.05, 4.69) is 5.32 Å². The van der Waals surface area contributed by atoms with E-state index in [4.69, 9.17) is 0 Å². The standard InChI is InChI=1S/C25H35N3O4S/c1-6-20(3)26-25(30)21(4)27(17-16-22-13-8-7-9-14-22)24(29)18-28(33(5,31)32)23-15-11-10-12-19(23)2/h7-15,20-21H,6,16-18H2,1-5H3,(H,26,30)/t20-,21-/m1/s1. The third kappa shape index (κ3) is 7.60. The highest BCUT2D eigenvalue weighted by Gasteiger charge is 2.30. The molecule has 0 unspecified atom stereocenters. The minimum absolute atomic E-state index is 0.0227. The van der Waals surface area contributed by atoms with Crippen molar-refractivity contribution < 1.29 is 18.0 Å². The first-order valence-electron chi connectivity index (χ1n) is 11.2. The summed E-state index contributed by atoms with van der Waals surface area (Å²) >= 11 is 0. The summed E-state index contributed by atoms with van der Waals surface area (Å²) in [6.07, 6.45) is 2.41. The Labute approximate surface area is 197 Å². The predicted octanol–water partition coefficient (Wildman–Crippen LogP) is 3.14. The second-order valence-electron chi connectivity index (χ2n) is 8.37. The minimum atomic E-state index is -3.72. The van der Waals surface area contributed by atoms with E-state index in [0.29, 0.717) is 18.7 Å². The Morgan fingerprint density at radius 3 is 2.18 bits per heavy atom. The zero-order valence-electron chi connectivity index (χ0n) is 20.1. The van der Waals surface area contributed by atoms with Crippen molar-refractivity contribution in [3.05, 3.63) is 65.7 Å². The number of para-hydroxylation sites is 1. The Morgan fingerprint density at radius 2 is 1.61 bits per heavy atom. The number of anilines is 1. The minimum Gasteiger partial charge on any atom is -0.352 e. The molecule has 0 aliphatic rings. The van der Waals surface area contributed by atoms with Gasteiger partial charge >= 0.3 is 0 Å². The Kier molecular flexibility index (Phi) is 9.46. The molecule has 0 heterocycles. The van der Waals surface area contributed by atoms with Crippen LogP contribution in [-0.2, 0) is 26.0 Å². The van der Waals surface area contributed by atoms with Gasteiger partial charge < -0.3 is 10.2 Å². The molecule has 2 rings (SSSR count). The van der Waals surface area contributed by atoms with Crippen molar-refractivity contribution in [1.82, 2.24) is 10.2 Å². The van der Waals surface area contributed by atoms with Crippen LogP contribution in [0.15, 0.2) is 54.6 Å². The average molecular weight is 474 g/mol. The Balaban J connectivity index is 2.31. The number of nitrogens with one attached hydrogen (secondary N) is 1. The van der Waals surface area contributed by atoms with Crippen LogP contribution < -0.4 is 9.62 Å². The van der Waals surface area contributed by atoms with Crippen molar-refractivity contribution in [3.63, 3.8) is 0 Å². The molecular formula is C25H35N3O4S. The molecule has 0 fully saturated rings. The van der Waals surface area contributed by atoms with Crippen LogP contribution in [0.4, 0.5) is 5.69 Å². The molecule has 180 valence electrons. The zero-order chi connectivity index (χ0) is 24.6. The molecule has 8 heteroatoms. The first-order valence-corrected chi connectivity index (χ1v) is 13.1. The average Bonchev–Trinajstić information content (AvgIpc) is 2.77. The summed E-state index contributed by atoms with van der Waals surface area (Å²) in [5, 5.41) is 2.92. The predicted molar refractivity (Wildman–Crippen MR) is 133 cm³/mol. The Bertz CT molecular complexity index is 1040. The van der Waals surface area contributed by atoms with Crippen molar-refractivity contribution in [2.75, 3.05) is 23.7 Å². The molecule has 2 atom stereocenters. The number of sulfonamides is 1. The molecule has 7 nitrogen and oxygen atoms in total. The van der Waals surface area contributed by atoms with Crippen LogP contribution in [-0.4, -0.2) is 56.6 Å². The van der Waals surface area contributed by atoms with E-state index in [1.54, 1.807) is 32.0 Å². The van der Waals surface area contributed by atoms with Gasteiger partial charge in [0.25, 0.3) is 0 Å². The summed E-state index contributed by atoms with van der Waals surface area (Å²) in [5.41, 5.74) is 2.23. The van der Waals surface area contributed by atoms with Crippen molar-refractivity contribution in [3.8, 4) is 0 Å². The van der Waals surface area contributed by atoms with Crippen molar-refractivity contribution in [2.45, 2.75) is 52.6 Å². The third-order valence-corrected chi connectivity index (χ3v) is 6.84. The van der Waals surface area contributed by atoms with Crippen LogP contribution in [0.5, 0.6) is 0 Å². The number of benzene rings is 2. The van der Waals surface area contributed by atoms with Gasteiger partial charge in [-0.3, -0.25) is 13.9 Å². The topological polar surface area (TPSA) is 86.8 Å². The summed E-state index contributed by atoms with van der Waals surface area (Å²) in [7, 11) is -3.72. The number of amides is 2. The summed E-state index contributed by atoms with van der Waals surface area (Å²) in [4.78, 5) is 27.8. The van der Waals surface area contributed by atoms with Crippen molar-refractivity contribution in [2.24, 2.45) is 0 Å². The van der Waals surface area contributed by atoms with Gasteiger partial charge in [-0.2, -0.15) is 0 Å². The lowest BCUT2D eigenvalue weighted by Crippen LogP contribution is -2.53. The maximum atomic E-state index is 13.4. The SMILES string of the molecule is CC[C@@H](C)NC(=O)[C@@H](C)N(CCc1ccccc1)C(=O)CN(c1ccccc1C)S(C)(=O)=O. The number of rotatable bonds is 11. The lowest BCUT2D eigenvalue weighted by molar-refractivity contribution is -0.139. The van der Waals surface area contributed by atoms with E-state index < -0.39 is 22.0 Å². The molecule has 0 bridgehead atoms. The van der Waals surface area contributed by atoms with Gasteiger partial charge in [-0.05, 0) is 50.8 Å². The van der Waals surface area contributed by atoms with Gasteiger partial charge in [0.15, 0.2) is 0 Å². The molecular weight excluding hydrogens is 438 g/mol. The molecule has 0 aliphatic carbocycles. The number of hydrogen-bond donors (Lipinski definition) is 1. The highest BCUT2D eigenvalue weighted by molar-refractivity contribution is 7.92. The lowest BCUT2D eigenvalue weighted by atomic mass is 10.1. The molecule has 33 heavy (non-hydrogen) atoms. The molecule has 0 spiro atoms. The van der Waals surface area contributed by atoms with E-state index in [0.717, 1.165) is 28.1 Å². The first kappa shape index (κ1) is 26.4. The van der Waals surface area contributed by atoms with E-state index in [9.17, 15) is 18.0 Å². The van der Waals surface area contributed by atoms with E-state index in [1.807, 2.05) is 50.2 Å². The molecule has 0 saturated carbocycles. The second-order valence-corrected chi connectivity index (χ2v) is 10.3. The lowest BCUT2D eigenvalue weighted by Gasteiger charge is -2.32. The maximum Gasteiger partial charge on any atom is 0.244 e. The van der Waals surface area contributed by atoms with Gasteiger partial charge in [0.05, 0.1) is 11.9 Å². The first-order chi connectivity index (χ1) is 15.5. The molecule has 0 saturated heterocycles. The van der Waals surface area contributed by atoms with Gasteiger partial charge in [-0.15, -0.1) is 0 Å². The largest absolute Gasteiger partial charge is 0.352 e. The molecule has 0 aromatic heterocycles. The van der Waals surface area contributed by atoms with E-state index in [-0.39, 0.29) is 18.5 Å². The molecule has 1 N–H and O–H groups in total. The number of aryl methyl sites for hydroxylation is 1. The fourth-order valence-corrected chi connectivity index (χ4v) is 4.38. The summed E-state index contributed by atoms with van der Waals surface area (Å²) in [6, 6.07) is 15.9. The van der Waals surface area contributed by atoms with Crippen LogP contribution in [0.2, 0.25) is 0 Å². The normalized spacial score (nSPS) is 13.1. The molecule has 2 aromatic rings. The quantitative estimate of drug-likeness (QED) is 0.543. The van der Waals surface area contributed by atoms with Gasteiger partial charge in [0.2, 0.25) is 21.8 Å². The van der Waals surface area contributed by atoms with Gasteiger partial charge in [-0.1, -0.05) is 55.5 Å². The van der Waals surface area contributed by atoms with Crippen LogP contribution in [0, 0.1) is 6.92 Å². The monoisotopic (exact) mass is 473 g/mol. The molecule has 2 aromatic carbocycles. The second kappa shape index (κ2) is 11.8.